The van der Waals surface area contributed by atoms with Crippen molar-refractivity contribution in [3.63, 3.8) is 0 Å². The molecule has 1 saturated heterocycles. The minimum atomic E-state index is 0.422. The molecule has 0 radical (unpaired) electrons. The van der Waals surface area contributed by atoms with E-state index in [1.165, 1.54) is 44.9 Å². The zero-order chi connectivity index (χ0) is 11.9. The summed E-state index contributed by atoms with van der Waals surface area (Å²) in [5.41, 5.74) is 5.87. The van der Waals surface area contributed by atoms with Crippen molar-refractivity contribution >= 4 is 0 Å². The second-order valence-electron chi connectivity index (χ2n) is 5.56. The summed E-state index contributed by atoms with van der Waals surface area (Å²) in [6, 6.07) is 0. The summed E-state index contributed by atoms with van der Waals surface area (Å²) < 4.78 is 11.5. The molecule has 1 aliphatic heterocycles. The second kappa shape index (κ2) is 7.34. The Labute approximate surface area is 105 Å². The number of rotatable bonds is 4. The maximum Gasteiger partial charge on any atom is 0.0615 e. The number of ether oxygens (including phenoxy) is 2. The van der Waals surface area contributed by atoms with Crippen molar-refractivity contribution in [3.8, 4) is 0 Å². The first-order valence-corrected chi connectivity index (χ1v) is 7.29. The summed E-state index contributed by atoms with van der Waals surface area (Å²) in [5, 5.41) is 0. The van der Waals surface area contributed by atoms with Crippen molar-refractivity contribution in [2.45, 2.75) is 51.0 Å². The van der Waals surface area contributed by atoms with Gasteiger partial charge in [0.15, 0.2) is 0 Å². The molecule has 0 bridgehead atoms. The normalized spacial score (nSPS) is 32.3. The van der Waals surface area contributed by atoms with Crippen LogP contribution in [0.4, 0.5) is 0 Å². The highest BCUT2D eigenvalue weighted by atomic mass is 16.5. The first kappa shape index (κ1) is 13.3. The molecule has 17 heavy (non-hydrogen) atoms. The standard InChI is InChI=1S/C14H27NO2/c15-10-13-4-2-1-3-5-14(13)17-11-12-6-8-16-9-7-12/h12-14H,1-11,15H2. The van der Waals surface area contributed by atoms with E-state index in [4.69, 9.17) is 15.2 Å². The third-order valence-corrected chi connectivity index (χ3v) is 4.28. The van der Waals surface area contributed by atoms with Gasteiger partial charge in [-0.1, -0.05) is 19.3 Å². The van der Waals surface area contributed by atoms with Crippen LogP contribution in [0.15, 0.2) is 0 Å². The molecule has 0 aromatic carbocycles. The van der Waals surface area contributed by atoms with Crippen molar-refractivity contribution in [2.24, 2.45) is 17.6 Å². The van der Waals surface area contributed by atoms with Crippen LogP contribution in [-0.2, 0) is 9.47 Å². The van der Waals surface area contributed by atoms with Crippen LogP contribution < -0.4 is 5.73 Å². The SMILES string of the molecule is NCC1CCCCCC1OCC1CCOCC1. The van der Waals surface area contributed by atoms with E-state index in [-0.39, 0.29) is 0 Å². The molecule has 100 valence electrons. The minimum absolute atomic E-state index is 0.422. The highest BCUT2D eigenvalue weighted by Gasteiger charge is 2.24. The van der Waals surface area contributed by atoms with Gasteiger partial charge >= 0.3 is 0 Å². The van der Waals surface area contributed by atoms with E-state index in [9.17, 15) is 0 Å². The predicted molar refractivity (Wildman–Crippen MR) is 68.9 cm³/mol. The third kappa shape index (κ3) is 4.23. The minimum Gasteiger partial charge on any atom is -0.381 e. The summed E-state index contributed by atoms with van der Waals surface area (Å²) in [4.78, 5) is 0. The quantitative estimate of drug-likeness (QED) is 0.768. The summed E-state index contributed by atoms with van der Waals surface area (Å²) in [6.45, 7) is 3.54. The molecule has 2 fully saturated rings. The third-order valence-electron chi connectivity index (χ3n) is 4.28. The van der Waals surface area contributed by atoms with E-state index < -0.39 is 0 Å². The Morgan fingerprint density at radius 1 is 1.00 bits per heavy atom. The zero-order valence-corrected chi connectivity index (χ0v) is 10.9. The highest BCUT2D eigenvalue weighted by molar-refractivity contribution is 4.76. The van der Waals surface area contributed by atoms with Gasteiger partial charge in [-0.25, -0.2) is 0 Å². The summed E-state index contributed by atoms with van der Waals surface area (Å²) in [7, 11) is 0. The molecule has 2 aliphatic rings. The Hall–Kier alpha value is -0.120. The van der Waals surface area contributed by atoms with Crippen LogP contribution in [0.3, 0.4) is 0 Å². The van der Waals surface area contributed by atoms with Gasteiger partial charge in [0.25, 0.3) is 0 Å². The lowest BCUT2D eigenvalue weighted by Gasteiger charge is -2.28. The first-order valence-electron chi connectivity index (χ1n) is 7.29. The van der Waals surface area contributed by atoms with Crippen molar-refractivity contribution in [3.05, 3.63) is 0 Å². The second-order valence-corrected chi connectivity index (χ2v) is 5.56. The lowest BCUT2D eigenvalue weighted by molar-refractivity contribution is -0.0336. The molecular weight excluding hydrogens is 214 g/mol. The maximum atomic E-state index is 6.17. The molecule has 1 heterocycles. The number of hydrogen-bond donors (Lipinski definition) is 1. The molecule has 2 atom stereocenters. The molecule has 3 heteroatoms. The number of nitrogens with two attached hydrogens (primary N) is 1. The van der Waals surface area contributed by atoms with Crippen LogP contribution >= 0.6 is 0 Å². The van der Waals surface area contributed by atoms with Crippen LogP contribution in [0, 0.1) is 11.8 Å². The molecule has 1 aliphatic carbocycles. The van der Waals surface area contributed by atoms with Crippen molar-refractivity contribution < 1.29 is 9.47 Å². The van der Waals surface area contributed by atoms with Crippen LogP contribution in [0.5, 0.6) is 0 Å². The van der Waals surface area contributed by atoms with Crippen molar-refractivity contribution in [1.82, 2.24) is 0 Å². The monoisotopic (exact) mass is 241 g/mol. The van der Waals surface area contributed by atoms with Crippen molar-refractivity contribution in [2.75, 3.05) is 26.4 Å². The van der Waals surface area contributed by atoms with E-state index in [0.29, 0.717) is 17.9 Å². The Balaban J connectivity index is 1.74. The number of hydrogen-bond acceptors (Lipinski definition) is 3. The fraction of sp³-hybridized carbons (Fsp3) is 1.00. The average Bonchev–Trinajstić information content (AvgIpc) is 2.62. The molecule has 0 amide bonds. The zero-order valence-electron chi connectivity index (χ0n) is 10.9. The van der Waals surface area contributed by atoms with Gasteiger partial charge < -0.3 is 15.2 Å². The van der Waals surface area contributed by atoms with Crippen molar-refractivity contribution in [1.29, 1.82) is 0 Å². The summed E-state index contributed by atoms with van der Waals surface area (Å²) in [5.74, 6) is 1.31. The van der Waals surface area contributed by atoms with Gasteiger partial charge in [0.05, 0.1) is 6.10 Å². The topological polar surface area (TPSA) is 44.5 Å². The van der Waals surface area contributed by atoms with Gasteiger partial charge in [-0.2, -0.15) is 0 Å². The smallest absolute Gasteiger partial charge is 0.0615 e. The van der Waals surface area contributed by atoms with E-state index in [1.807, 2.05) is 0 Å². The fourth-order valence-corrected chi connectivity index (χ4v) is 3.01. The lowest BCUT2D eigenvalue weighted by atomic mass is 9.96. The van der Waals surface area contributed by atoms with Crippen LogP contribution in [0.1, 0.15) is 44.9 Å². The maximum absolute atomic E-state index is 6.17. The van der Waals surface area contributed by atoms with E-state index >= 15 is 0 Å². The molecule has 2 N–H and O–H groups in total. The molecule has 2 rings (SSSR count). The Morgan fingerprint density at radius 3 is 2.53 bits per heavy atom. The van der Waals surface area contributed by atoms with E-state index in [2.05, 4.69) is 0 Å². The summed E-state index contributed by atoms with van der Waals surface area (Å²) >= 11 is 0. The Morgan fingerprint density at radius 2 is 1.76 bits per heavy atom. The van der Waals surface area contributed by atoms with E-state index in [0.717, 1.165) is 26.4 Å². The highest BCUT2D eigenvalue weighted by Crippen LogP contribution is 2.26. The predicted octanol–water partition coefficient (Wildman–Crippen LogP) is 2.34. The van der Waals surface area contributed by atoms with Crippen LogP contribution in [0.25, 0.3) is 0 Å². The van der Waals surface area contributed by atoms with Gasteiger partial charge in [-0.15, -0.1) is 0 Å². The van der Waals surface area contributed by atoms with Gasteiger partial charge in [0.2, 0.25) is 0 Å². The van der Waals surface area contributed by atoms with Crippen LogP contribution in [0.2, 0.25) is 0 Å². The first-order chi connectivity index (χ1) is 8.40. The van der Waals surface area contributed by atoms with E-state index in [1.54, 1.807) is 0 Å². The molecule has 2 unspecified atom stereocenters. The van der Waals surface area contributed by atoms with Gasteiger partial charge in [0, 0.05) is 19.8 Å². The Bertz CT molecular complexity index is 204. The molecule has 0 aromatic heterocycles. The van der Waals surface area contributed by atoms with Gasteiger partial charge in [-0.3, -0.25) is 0 Å². The van der Waals surface area contributed by atoms with Gasteiger partial charge in [-0.05, 0) is 44.1 Å². The van der Waals surface area contributed by atoms with Gasteiger partial charge in [0.1, 0.15) is 0 Å². The van der Waals surface area contributed by atoms with Crippen LogP contribution in [-0.4, -0.2) is 32.5 Å². The Kier molecular flexibility index (Phi) is 5.75. The largest absolute Gasteiger partial charge is 0.381 e. The average molecular weight is 241 g/mol. The lowest BCUT2D eigenvalue weighted by Crippen LogP contribution is -2.32. The summed E-state index contributed by atoms with van der Waals surface area (Å²) in [6.07, 6.45) is 9.23. The molecular formula is C14H27NO2. The molecule has 3 nitrogen and oxygen atoms in total. The molecule has 0 spiro atoms. The molecule has 0 aromatic rings. The fourth-order valence-electron chi connectivity index (χ4n) is 3.01. The molecule has 1 saturated carbocycles.